The van der Waals surface area contributed by atoms with Gasteiger partial charge in [-0.3, -0.25) is 9.48 Å². The fourth-order valence-electron chi connectivity index (χ4n) is 3.23. The number of hydrogen-bond acceptors (Lipinski definition) is 3. The van der Waals surface area contributed by atoms with Crippen molar-refractivity contribution >= 4 is 28.6 Å². The van der Waals surface area contributed by atoms with Crippen LogP contribution in [0.2, 0.25) is 0 Å². The molecule has 1 aliphatic rings. The Labute approximate surface area is 154 Å². The molecule has 1 aromatic carbocycles. The lowest BCUT2D eigenvalue weighted by molar-refractivity contribution is -0.145. The van der Waals surface area contributed by atoms with E-state index in [9.17, 15) is 9.18 Å². The Balaban J connectivity index is 1.63. The normalized spacial score (nSPS) is 16.7. The smallest absolute Gasteiger partial charge is 0.309 e. The van der Waals surface area contributed by atoms with Crippen molar-refractivity contribution in [1.82, 2.24) is 9.78 Å². The first-order valence-electron chi connectivity index (χ1n) is 8.15. The Morgan fingerprint density at radius 3 is 3.08 bits per heavy atom. The number of carbonyl (C=O) groups is 1. The van der Waals surface area contributed by atoms with Gasteiger partial charge in [0.2, 0.25) is 0 Å². The zero-order valence-electron chi connectivity index (χ0n) is 13.6. The van der Waals surface area contributed by atoms with Crippen LogP contribution in [0.4, 0.5) is 4.39 Å². The van der Waals surface area contributed by atoms with Gasteiger partial charge in [0.1, 0.15) is 9.52 Å². The van der Waals surface area contributed by atoms with Crippen LogP contribution >= 0.6 is 22.6 Å². The molecule has 0 spiro atoms. The van der Waals surface area contributed by atoms with Gasteiger partial charge >= 0.3 is 5.97 Å². The number of rotatable bonds is 5. The van der Waals surface area contributed by atoms with Gasteiger partial charge in [-0.05, 0) is 66.0 Å². The second-order valence-electron chi connectivity index (χ2n) is 6.14. The summed E-state index contributed by atoms with van der Waals surface area (Å²) in [7, 11) is 1.44. The maximum absolute atomic E-state index is 13.2. The van der Waals surface area contributed by atoms with Crippen LogP contribution < -0.4 is 0 Å². The van der Waals surface area contributed by atoms with Gasteiger partial charge < -0.3 is 4.74 Å². The van der Waals surface area contributed by atoms with Crippen molar-refractivity contribution in [3.63, 3.8) is 0 Å². The molecule has 1 unspecified atom stereocenters. The highest BCUT2D eigenvalue weighted by atomic mass is 127. The third kappa shape index (κ3) is 3.79. The number of aromatic nitrogens is 2. The minimum Gasteiger partial charge on any atom is -0.469 e. The third-order valence-corrected chi connectivity index (χ3v) is 5.71. The molecule has 0 N–H and O–H groups in total. The molecule has 3 rings (SSSR count). The predicted octanol–water partition coefficient (Wildman–Crippen LogP) is 3.54. The summed E-state index contributed by atoms with van der Waals surface area (Å²) in [4.78, 5) is 11.7. The summed E-state index contributed by atoms with van der Waals surface area (Å²) in [6.45, 7) is 0.796. The SMILES string of the molecule is COC(=O)C1CCc2c(nn(CCCc3cccc(F)c3)c2I)C1. The number of benzene rings is 1. The largest absolute Gasteiger partial charge is 0.469 e. The standard InChI is InChI=1S/C18H20FIN2O2/c1-24-18(23)13-7-8-15-16(11-13)21-22(17(15)20)9-3-5-12-4-2-6-14(19)10-12/h2,4,6,10,13H,3,5,7-9,11H2,1H3. The molecule has 6 heteroatoms. The first-order chi connectivity index (χ1) is 11.6. The van der Waals surface area contributed by atoms with Gasteiger partial charge in [-0.15, -0.1) is 0 Å². The molecule has 128 valence electrons. The number of nitrogens with zero attached hydrogens (tertiary/aromatic N) is 2. The first-order valence-corrected chi connectivity index (χ1v) is 9.22. The van der Waals surface area contributed by atoms with E-state index in [0.717, 1.165) is 47.2 Å². The minimum absolute atomic E-state index is 0.0751. The molecular formula is C18H20FIN2O2. The molecule has 1 heterocycles. The van der Waals surface area contributed by atoms with Gasteiger partial charge in [0.25, 0.3) is 0 Å². The van der Waals surface area contributed by atoms with Crippen LogP contribution in [-0.4, -0.2) is 22.9 Å². The van der Waals surface area contributed by atoms with E-state index >= 15 is 0 Å². The quantitative estimate of drug-likeness (QED) is 0.526. The number of halogens is 2. The summed E-state index contributed by atoms with van der Waals surface area (Å²) in [5.74, 6) is -0.407. The number of ether oxygens (including phenoxy) is 1. The topological polar surface area (TPSA) is 44.1 Å². The Bertz CT molecular complexity index is 745. The van der Waals surface area contributed by atoms with E-state index in [2.05, 4.69) is 22.6 Å². The average molecular weight is 442 g/mol. The molecule has 0 fully saturated rings. The maximum Gasteiger partial charge on any atom is 0.309 e. The third-order valence-electron chi connectivity index (χ3n) is 4.51. The van der Waals surface area contributed by atoms with Crippen molar-refractivity contribution < 1.29 is 13.9 Å². The van der Waals surface area contributed by atoms with Crippen LogP contribution in [0.3, 0.4) is 0 Å². The summed E-state index contributed by atoms with van der Waals surface area (Å²) >= 11 is 2.34. The molecule has 24 heavy (non-hydrogen) atoms. The van der Waals surface area contributed by atoms with Crippen LogP contribution in [0.1, 0.15) is 29.7 Å². The molecule has 0 radical (unpaired) electrons. The lowest BCUT2D eigenvalue weighted by atomic mass is 9.88. The molecule has 1 aliphatic carbocycles. The summed E-state index contributed by atoms with van der Waals surface area (Å²) in [6, 6.07) is 6.74. The number of carbonyl (C=O) groups excluding carboxylic acids is 1. The number of methoxy groups -OCH3 is 1. The molecule has 0 saturated heterocycles. The van der Waals surface area contributed by atoms with Crippen LogP contribution in [-0.2, 0) is 35.3 Å². The number of esters is 1. The lowest BCUT2D eigenvalue weighted by Gasteiger charge is -2.18. The van der Waals surface area contributed by atoms with Crippen molar-refractivity contribution in [2.75, 3.05) is 7.11 Å². The number of hydrogen-bond donors (Lipinski definition) is 0. The van der Waals surface area contributed by atoms with Gasteiger partial charge in [0.15, 0.2) is 0 Å². The summed E-state index contributed by atoms with van der Waals surface area (Å²) in [6.07, 6.45) is 4.08. The average Bonchev–Trinajstić information content (AvgIpc) is 2.90. The maximum atomic E-state index is 13.2. The van der Waals surface area contributed by atoms with Crippen molar-refractivity contribution in [3.8, 4) is 0 Å². The molecule has 0 amide bonds. The van der Waals surface area contributed by atoms with Gasteiger partial charge in [-0.1, -0.05) is 12.1 Å². The van der Waals surface area contributed by atoms with Gasteiger partial charge in [-0.25, -0.2) is 4.39 Å². The Kier molecular flexibility index (Phi) is 5.53. The molecule has 4 nitrogen and oxygen atoms in total. The van der Waals surface area contributed by atoms with E-state index in [0.29, 0.717) is 6.42 Å². The Morgan fingerprint density at radius 1 is 1.50 bits per heavy atom. The van der Waals surface area contributed by atoms with Crippen LogP contribution in [0.5, 0.6) is 0 Å². The monoisotopic (exact) mass is 442 g/mol. The van der Waals surface area contributed by atoms with Crippen molar-refractivity contribution in [2.45, 2.75) is 38.6 Å². The van der Waals surface area contributed by atoms with E-state index in [1.54, 1.807) is 12.1 Å². The molecule has 2 aromatic rings. The van der Waals surface area contributed by atoms with Crippen LogP contribution in [0.15, 0.2) is 24.3 Å². The molecule has 1 atom stereocenters. The van der Waals surface area contributed by atoms with Crippen molar-refractivity contribution in [3.05, 3.63) is 50.6 Å². The fourth-order valence-corrected chi connectivity index (χ4v) is 4.16. The van der Waals surface area contributed by atoms with Crippen LogP contribution in [0.25, 0.3) is 0 Å². The summed E-state index contributed by atoms with van der Waals surface area (Å²) < 4.78 is 21.2. The second kappa shape index (κ2) is 7.63. The van der Waals surface area contributed by atoms with E-state index in [-0.39, 0.29) is 17.7 Å². The molecule has 0 aliphatic heterocycles. The highest BCUT2D eigenvalue weighted by molar-refractivity contribution is 14.1. The van der Waals surface area contributed by atoms with Gasteiger partial charge in [0.05, 0.1) is 18.7 Å². The van der Waals surface area contributed by atoms with Crippen molar-refractivity contribution in [1.29, 1.82) is 0 Å². The van der Waals surface area contributed by atoms with E-state index in [1.807, 2.05) is 10.7 Å². The molecular weight excluding hydrogens is 422 g/mol. The molecule has 1 aromatic heterocycles. The van der Waals surface area contributed by atoms with Crippen molar-refractivity contribution in [2.24, 2.45) is 5.92 Å². The minimum atomic E-state index is -0.189. The lowest BCUT2D eigenvalue weighted by Crippen LogP contribution is -2.23. The zero-order valence-corrected chi connectivity index (χ0v) is 15.8. The molecule has 0 bridgehead atoms. The van der Waals surface area contributed by atoms with Gasteiger partial charge in [0, 0.05) is 18.5 Å². The first kappa shape index (κ1) is 17.4. The zero-order chi connectivity index (χ0) is 17.1. The molecule has 0 saturated carbocycles. The van der Waals surface area contributed by atoms with Crippen LogP contribution in [0, 0.1) is 15.4 Å². The predicted molar refractivity (Wildman–Crippen MR) is 97.2 cm³/mol. The van der Waals surface area contributed by atoms with E-state index in [1.165, 1.54) is 18.7 Å². The number of aryl methyl sites for hydroxylation is 2. The number of fused-ring (bicyclic) bond motifs is 1. The van der Waals surface area contributed by atoms with Gasteiger partial charge in [-0.2, -0.15) is 5.10 Å². The second-order valence-corrected chi connectivity index (χ2v) is 7.16. The highest BCUT2D eigenvalue weighted by Crippen LogP contribution is 2.29. The van der Waals surface area contributed by atoms with E-state index < -0.39 is 0 Å². The summed E-state index contributed by atoms with van der Waals surface area (Å²) in [5, 5.41) is 4.69. The van der Waals surface area contributed by atoms with E-state index in [4.69, 9.17) is 9.84 Å². The highest BCUT2D eigenvalue weighted by Gasteiger charge is 2.29. The Morgan fingerprint density at radius 2 is 2.33 bits per heavy atom. The Hall–Kier alpha value is -1.44. The fraction of sp³-hybridized carbons (Fsp3) is 0.444. The summed E-state index contributed by atoms with van der Waals surface area (Å²) in [5.41, 5.74) is 3.29.